The molecule has 0 radical (unpaired) electrons. The second kappa shape index (κ2) is 7.45. The van der Waals surface area contributed by atoms with Crippen LogP contribution < -0.4 is 4.72 Å². The molecule has 1 unspecified atom stereocenters. The van der Waals surface area contributed by atoms with Gasteiger partial charge in [-0.1, -0.05) is 5.70 Å². The largest absolute Gasteiger partial charge is 0.345 e. The molecule has 0 bridgehead atoms. The molecule has 2 aliphatic heterocycles. The summed E-state index contributed by atoms with van der Waals surface area (Å²) in [6.45, 7) is 21.1. The van der Waals surface area contributed by atoms with Crippen LogP contribution in [0.5, 0.6) is 0 Å². The molecular weight excluding hydrogens is 386 g/mol. The summed E-state index contributed by atoms with van der Waals surface area (Å²) in [7, 11) is -2.66. The van der Waals surface area contributed by atoms with E-state index in [-0.39, 0.29) is 0 Å². The Hall–Kier alpha value is -0.973. The molecular formula is C18H31NO6SSi. The van der Waals surface area contributed by atoms with Crippen LogP contribution in [0.25, 0.3) is 0 Å². The van der Waals surface area contributed by atoms with Crippen molar-refractivity contribution in [1.29, 1.82) is 0 Å². The van der Waals surface area contributed by atoms with Gasteiger partial charge in [-0.25, -0.2) is 4.89 Å². The van der Waals surface area contributed by atoms with Gasteiger partial charge in [0.15, 0.2) is 0 Å². The first-order valence-electron chi connectivity index (χ1n) is 8.83. The van der Waals surface area contributed by atoms with Crippen molar-refractivity contribution in [2.24, 2.45) is 0 Å². The van der Waals surface area contributed by atoms with E-state index in [1.165, 1.54) is 11.9 Å². The van der Waals surface area contributed by atoms with Crippen LogP contribution in [-0.4, -0.2) is 25.1 Å². The van der Waals surface area contributed by atoms with Gasteiger partial charge in [0.25, 0.3) is 5.09 Å². The van der Waals surface area contributed by atoms with E-state index in [0.29, 0.717) is 10.9 Å². The third kappa shape index (κ3) is 5.75. The topological polar surface area (TPSA) is 67.4 Å². The lowest BCUT2D eigenvalue weighted by Crippen LogP contribution is -2.33. The minimum Gasteiger partial charge on any atom is -0.332 e. The van der Waals surface area contributed by atoms with Crippen molar-refractivity contribution in [3.63, 3.8) is 0 Å². The number of allylic oxidation sites excluding steroid dienone is 1. The molecule has 2 rings (SSSR count). The molecule has 154 valence electrons. The van der Waals surface area contributed by atoms with E-state index in [1.807, 2.05) is 62.3 Å². The molecule has 0 amide bonds. The summed E-state index contributed by atoms with van der Waals surface area (Å²) in [5.74, 6) is 0.428. The maximum absolute atomic E-state index is 5.86. The van der Waals surface area contributed by atoms with Crippen molar-refractivity contribution in [2.75, 3.05) is 0 Å². The lowest BCUT2D eigenvalue weighted by molar-refractivity contribution is -0.337. The molecule has 0 aromatic heterocycles. The fourth-order valence-corrected chi connectivity index (χ4v) is 6.06. The molecule has 2 aliphatic rings. The first-order chi connectivity index (χ1) is 12.2. The third-order valence-electron chi connectivity index (χ3n) is 3.04. The Bertz CT molecular complexity index is 656. The summed E-state index contributed by atoms with van der Waals surface area (Å²) >= 11 is 1.23. The van der Waals surface area contributed by atoms with Crippen LogP contribution in [0.3, 0.4) is 0 Å². The summed E-state index contributed by atoms with van der Waals surface area (Å²) in [4.78, 5) is 27.8. The molecule has 7 nitrogen and oxygen atoms in total. The molecule has 0 aromatic rings. The zero-order chi connectivity index (χ0) is 20.7. The number of hydrogen-bond acceptors (Lipinski definition) is 8. The molecule has 9 heteroatoms. The Morgan fingerprint density at radius 2 is 1.37 bits per heavy atom. The van der Waals surface area contributed by atoms with Crippen LogP contribution >= 0.6 is 11.9 Å². The minimum atomic E-state index is -2.66. The molecule has 27 heavy (non-hydrogen) atoms. The van der Waals surface area contributed by atoms with Crippen molar-refractivity contribution < 1.29 is 29.0 Å². The van der Waals surface area contributed by atoms with Crippen molar-refractivity contribution >= 4 is 20.3 Å². The Balaban J connectivity index is 2.26. The van der Waals surface area contributed by atoms with E-state index < -0.39 is 25.1 Å². The van der Waals surface area contributed by atoms with Crippen LogP contribution in [0.2, 0.25) is 0 Å². The van der Waals surface area contributed by atoms with Crippen LogP contribution in [0.15, 0.2) is 33.6 Å². The van der Waals surface area contributed by atoms with Crippen LogP contribution in [0, 0.1) is 0 Å². The predicted molar refractivity (Wildman–Crippen MR) is 106 cm³/mol. The maximum atomic E-state index is 5.86. The van der Waals surface area contributed by atoms with Gasteiger partial charge >= 0.3 is 8.32 Å². The van der Waals surface area contributed by atoms with Gasteiger partial charge < -0.3 is 14.5 Å². The van der Waals surface area contributed by atoms with Crippen LogP contribution in [0.1, 0.15) is 62.3 Å². The molecule has 0 saturated carbocycles. The molecule has 0 saturated heterocycles. The maximum Gasteiger partial charge on any atom is 0.345 e. The molecule has 2 heterocycles. The number of rotatable bonds is 7. The summed E-state index contributed by atoms with van der Waals surface area (Å²) in [6.07, 6.45) is 0. The average molecular weight is 418 g/mol. The zero-order valence-electron chi connectivity index (χ0n) is 17.6. The van der Waals surface area contributed by atoms with Gasteiger partial charge in [-0.05, 0) is 62.3 Å². The lowest BCUT2D eigenvalue weighted by atomic mass is 10.2. The molecule has 1 atom stereocenters. The van der Waals surface area contributed by atoms with Gasteiger partial charge in [0.1, 0.15) is 11.2 Å². The number of nitrogens with one attached hydrogen (secondary N) is 1. The van der Waals surface area contributed by atoms with Gasteiger partial charge in [0.05, 0.1) is 10.9 Å². The Morgan fingerprint density at radius 3 is 1.85 bits per heavy atom. The first kappa shape index (κ1) is 22.3. The molecule has 0 aromatic carbocycles. The van der Waals surface area contributed by atoms with E-state index in [9.17, 15) is 0 Å². The number of hydrogen-bond donors (Lipinski definition) is 1. The molecule has 0 aliphatic carbocycles. The standard InChI is InChI=1S/C18H31NO6SSi/c1-11-27(25-24-18(8,9)10)13-12(20-22-16(2,3)4)15(26-19-14(13)27)21-23-17(5,6)7/h11,19H,1H2,2-10H3. The van der Waals surface area contributed by atoms with Crippen molar-refractivity contribution in [1.82, 2.24) is 4.72 Å². The van der Waals surface area contributed by atoms with Gasteiger partial charge in [-0.2, -0.15) is 9.78 Å². The predicted octanol–water partition coefficient (Wildman–Crippen LogP) is 4.66. The van der Waals surface area contributed by atoms with E-state index in [0.717, 1.165) is 10.5 Å². The third-order valence-corrected chi connectivity index (χ3v) is 6.98. The second-order valence-corrected chi connectivity index (χ2v) is 13.2. The van der Waals surface area contributed by atoms with Crippen LogP contribution in [0.4, 0.5) is 0 Å². The van der Waals surface area contributed by atoms with E-state index in [2.05, 4.69) is 11.3 Å². The van der Waals surface area contributed by atoms with Crippen molar-refractivity contribution in [3.05, 3.63) is 33.6 Å². The highest BCUT2D eigenvalue weighted by molar-refractivity contribution is 8.01. The fraction of sp³-hybridized carbons (Fsp3) is 0.667. The highest BCUT2D eigenvalue weighted by Gasteiger charge is 2.65. The summed E-state index contributed by atoms with van der Waals surface area (Å²) in [5, 5.41) is 2.14. The monoisotopic (exact) mass is 417 g/mol. The fourth-order valence-electron chi connectivity index (χ4n) is 1.91. The molecule has 0 spiro atoms. The SMILES string of the molecule is C=C[Si]1(OOC(C)(C)C)C2=C1C(OOC(C)(C)C)=C(OOC(C)(C)C)SN2. The Kier molecular flexibility index (Phi) is 6.16. The quantitative estimate of drug-likeness (QED) is 0.278. The summed E-state index contributed by atoms with van der Waals surface area (Å²) < 4.78 is 9.09. The van der Waals surface area contributed by atoms with E-state index >= 15 is 0 Å². The van der Waals surface area contributed by atoms with Gasteiger partial charge in [-0.15, -0.1) is 6.58 Å². The van der Waals surface area contributed by atoms with Crippen molar-refractivity contribution in [3.8, 4) is 0 Å². The molecule has 1 N–H and O–H groups in total. The second-order valence-electron chi connectivity index (χ2n) is 9.35. The smallest absolute Gasteiger partial charge is 0.332 e. The highest BCUT2D eigenvalue weighted by Crippen LogP contribution is 2.53. The van der Waals surface area contributed by atoms with E-state index in [4.69, 9.17) is 29.0 Å². The average Bonchev–Trinajstić information content (AvgIpc) is 3.15. The summed E-state index contributed by atoms with van der Waals surface area (Å²) in [5.41, 5.74) is 0.338. The zero-order valence-corrected chi connectivity index (χ0v) is 19.5. The first-order valence-corrected chi connectivity index (χ1v) is 11.6. The highest BCUT2D eigenvalue weighted by atomic mass is 32.2. The molecule has 0 fully saturated rings. The van der Waals surface area contributed by atoms with Gasteiger partial charge in [0, 0.05) is 17.1 Å². The normalized spacial score (nSPS) is 23.0. The van der Waals surface area contributed by atoms with Gasteiger partial charge in [-0.3, -0.25) is 4.58 Å². The minimum absolute atomic E-state index is 0.406. The summed E-state index contributed by atoms with van der Waals surface area (Å²) in [6, 6.07) is 0. The lowest BCUT2D eigenvalue weighted by Gasteiger charge is -2.23. The van der Waals surface area contributed by atoms with E-state index in [1.54, 1.807) is 5.70 Å². The van der Waals surface area contributed by atoms with Crippen molar-refractivity contribution in [2.45, 2.75) is 79.1 Å². The van der Waals surface area contributed by atoms with Gasteiger partial charge in [0.2, 0.25) is 5.76 Å². The van der Waals surface area contributed by atoms with Crippen LogP contribution in [-0.2, 0) is 29.0 Å². The Morgan fingerprint density at radius 1 is 0.852 bits per heavy atom. The Labute approximate surface area is 167 Å².